The molecule has 0 bridgehead atoms. The zero-order chi connectivity index (χ0) is 11.5. The van der Waals surface area contributed by atoms with Gasteiger partial charge in [-0.2, -0.15) is 18.3 Å². The van der Waals surface area contributed by atoms with Gasteiger partial charge in [-0.25, -0.2) is 0 Å². The predicted octanol–water partition coefficient (Wildman–Crippen LogP) is 1.93. The van der Waals surface area contributed by atoms with Crippen LogP contribution in [0.1, 0.15) is 25.7 Å². The summed E-state index contributed by atoms with van der Waals surface area (Å²) in [6.45, 7) is 0. The Balaban J connectivity index is 2.56. The topological polar surface area (TPSA) is 50.4 Å². The first kappa shape index (κ1) is 12.2. The van der Waals surface area contributed by atoms with Crippen molar-refractivity contribution in [2.45, 2.75) is 31.9 Å². The Morgan fingerprint density at radius 3 is 2.73 bits per heavy atom. The summed E-state index contributed by atoms with van der Waals surface area (Å²) in [4.78, 5) is 0. The first-order valence-electron chi connectivity index (χ1n) is 4.57. The van der Waals surface area contributed by atoms with E-state index in [-0.39, 0.29) is 18.0 Å². The first-order chi connectivity index (χ1) is 6.89. The zero-order valence-corrected chi connectivity index (χ0v) is 8.79. The van der Waals surface area contributed by atoms with Crippen molar-refractivity contribution in [1.29, 1.82) is 0 Å². The molecule has 0 spiro atoms. The van der Waals surface area contributed by atoms with Crippen molar-refractivity contribution in [3.05, 3.63) is 0 Å². The molecule has 0 aromatic heterocycles. The van der Waals surface area contributed by atoms with Gasteiger partial charge in [0.25, 0.3) is 0 Å². The lowest BCUT2D eigenvalue weighted by molar-refractivity contribution is -0.175. The standard InChI is InChI=1S/C8H12F3N3S/c9-8(10,11)5-2-1-3-6(4-5)13-14-7(12)15/h5H,1-4H2,(H3,12,14,15)/b13-6+/t5-/m1/s1. The predicted molar refractivity (Wildman–Crippen MR) is 55.4 cm³/mol. The van der Waals surface area contributed by atoms with E-state index in [1.807, 2.05) is 0 Å². The molecule has 0 aromatic carbocycles. The second-order valence-electron chi connectivity index (χ2n) is 3.49. The first-order valence-corrected chi connectivity index (χ1v) is 4.98. The summed E-state index contributed by atoms with van der Waals surface area (Å²) in [5.41, 5.74) is 7.92. The maximum atomic E-state index is 12.4. The fourth-order valence-electron chi connectivity index (χ4n) is 1.56. The third-order valence-electron chi connectivity index (χ3n) is 2.29. The molecule has 1 aliphatic rings. The molecule has 0 saturated heterocycles. The Morgan fingerprint density at radius 1 is 1.53 bits per heavy atom. The Kier molecular flexibility index (Phi) is 3.90. The normalized spacial score (nSPS) is 25.3. The largest absolute Gasteiger partial charge is 0.392 e. The number of hydrazone groups is 1. The van der Waals surface area contributed by atoms with Crippen LogP contribution in [0.3, 0.4) is 0 Å². The van der Waals surface area contributed by atoms with Crippen molar-refractivity contribution in [1.82, 2.24) is 5.43 Å². The Bertz CT molecular complexity index is 275. The molecule has 0 radical (unpaired) electrons. The summed E-state index contributed by atoms with van der Waals surface area (Å²) in [6, 6.07) is 0. The molecule has 0 aliphatic heterocycles. The molecule has 3 N–H and O–H groups in total. The number of halogens is 3. The van der Waals surface area contributed by atoms with Crippen LogP contribution in [0.25, 0.3) is 0 Å². The maximum absolute atomic E-state index is 12.4. The zero-order valence-electron chi connectivity index (χ0n) is 7.97. The van der Waals surface area contributed by atoms with Gasteiger partial charge in [0, 0.05) is 5.71 Å². The number of hydrogen-bond donors (Lipinski definition) is 2. The van der Waals surface area contributed by atoms with Gasteiger partial charge in [0.2, 0.25) is 0 Å². The van der Waals surface area contributed by atoms with Crippen molar-refractivity contribution in [2.24, 2.45) is 16.8 Å². The van der Waals surface area contributed by atoms with Crippen LogP contribution < -0.4 is 11.2 Å². The second-order valence-corrected chi connectivity index (χ2v) is 3.93. The smallest absolute Gasteiger partial charge is 0.375 e. The summed E-state index contributed by atoms with van der Waals surface area (Å²) in [7, 11) is 0. The summed E-state index contributed by atoms with van der Waals surface area (Å²) in [5.74, 6) is -1.28. The van der Waals surface area contributed by atoms with Crippen LogP contribution in [0, 0.1) is 5.92 Å². The molecule has 0 aromatic rings. The summed E-state index contributed by atoms with van der Waals surface area (Å²) >= 11 is 4.50. The number of rotatable bonds is 1. The summed E-state index contributed by atoms with van der Waals surface area (Å²) in [5, 5.41) is 3.72. The summed E-state index contributed by atoms with van der Waals surface area (Å²) in [6.07, 6.45) is -2.94. The van der Waals surface area contributed by atoms with E-state index in [1.54, 1.807) is 0 Å². The number of hydrogen-bond acceptors (Lipinski definition) is 2. The van der Waals surface area contributed by atoms with E-state index in [0.29, 0.717) is 18.6 Å². The lowest BCUT2D eigenvalue weighted by atomic mass is 9.87. The average molecular weight is 239 g/mol. The van der Waals surface area contributed by atoms with Gasteiger partial charge in [0.1, 0.15) is 0 Å². The highest BCUT2D eigenvalue weighted by Crippen LogP contribution is 2.36. The van der Waals surface area contributed by atoms with Gasteiger partial charge in [-0.15, -0.1) is 0 Å². The van der Waals surface area contributed by atoms with Gasteiger partial charge in [-0.1, -0.05) is 0 Å². The average Bonchev–Trinajstić information content (AvgIpc) is 2.14. The Hall–Kier alpha value is -0.850. The van der Waals surface area contributed by atoms with E-state index in [9.17, 15) is 13.2 Å². The minimum absolute atomic E-state index is 0.0309. The third-order valence-corrected chi connectivity index (χ3v) is 2.38. The minimum atomic E-state index is -4.13. The molecule has 0 unspecified atom stereocenters. The van der Waals surface area contributed by atoms with E-state index in [0.717, 1.165) is 0 Å². The van der Waals surface area contributed by atoms with Gasteiger partial charge in [0.15, 0.2) is 5.11 Å². The minimum Gasteiger partial charge on any atom is -0.375 e. The summed E-state index contributed by atoms with van der Waals surface area (Å²) < 4.78 is 37.2. The van der Waals surface area contributed by atoms with Crippen LogP contribution >= 0.6 is 12.2 Å². The van der Waals surface area contributed by atoms with Crippen molar-refractivity contribution >= 4 is 23.0 Å². The Morgan fingerprint density at radius 2 is 2.20 bits per heavy atom. The van der Waals surface area contributed by atoms with E-state index < -0.39 is 12.1 Å². The molecule has 1 fully saturated rings. The lowest BCUT2D eigenvalue weighted by Gasteiger charge is -2.25. The second kappa shape index (κ2) is 4.78. The maximum Gasteiger partial charge on any atom is 0.392 e. The quantitative estimate of drug-likeness (QED) is 0.543. The van der Waals surface area contributed by atoms with E-state index in [1.165, 1.54) is 0 Å². The van der Waals surface area contributed by atoms with Gasteiger partial charge in [0.05, 0.1) is 5.92 Å². The molecule has 1 atom stereocenters. The molecule has 0 amide bonds. The van der Waals surface area contributed by atoms with E-state index >= 15 is 0 Å². The van der Waals surface area contributed by atoms with E-state index in [4.69, 9.17) is 5.73 Å². The number of nitrogens with zero attached hydrogens (tertiary/aromatic N) is 1. The molecule has 86 valence electrons. The highest BCUT2D eigenvalue weighted by molar-refractivity contribution is 7.80. The fraction of sp³-hybridized carbons (Fsp3) is 0.750. The molecular weight excluding hydrogens is 227 g/mol. The van der Waals surface area contributed by atoms with Crippen LogP contribution in [0.5, 0.6) is 0 Å². The molecule has 0 heterocycles. The molecule has 3 nitrogen and oxygen atoms in total. The number of alkyl halides is 3. The monoisotopic (exact) mass is 239 g/mol. The van der Waals surface area contributed by atoms with Gasteiger partial charge < -0.3 is 5.73 Å². The molecular formula is C8H12F3N3S. The van der Waals surface area contributed by atoms with Crippen molar-refractivity contribution in [2.75, 3.05) is 0 Å². The molecule has 1 aliphatic carbocycles. The van der Waals surface area contributed by atoms with Crippen molar-refractivity contribution in [3.8, 4) is 0 Å². The van der Waals surface area contributed by atoms with Crippen LogP contribution in [0.15, 0.2) is 5.10 Å². The molecule has 15 heavy (non-hydrogen) atoms. The van der Waals surface area contributed by atoms with Crippen LogP contribution in [-0.2, 0) is 0 Å². The number of nitrogens with one attached hydrogen (secondary N) is 1. The number of thiocarbonyl (C=S) groups is 1. The van der Waals surface area contributed by atoms with Crippen LogP contribution in [0.4, 0.5) is 13.2 Å². The van der Waals surface area contributed by atoms with Crippen LogP contribution in [-0.4, -0.2) is 17.0 Å². The molecule has 1 saturated carbocycles. The molecule has 7 heteroatoms. The van der Waals surface area contributed by atoms with Gasteiger partial charge >= 0.3 is 6.18 Å². The SMILES string of the molecule is NC(=S)N/N=C1\CCC[C@@H](C(F)(F)F)C1. The molecule has 1 rings (SSSR count). The van der Waals surface area contributed by atoms with Gasteiger partial charge in [-0.3, -0.25) is 5.43 Å². The van der Waals surface area contributed by atoms with Crippen molar-refractivity contribution in [3.63, 3.8) is 0 Å². The third kappa shape index (κ3) is 4.03. The highest BCUT2D eigenvalue weighted by Gasteiger charge is 2.41. The van der Waals surface area contributed by atoms with Gasteiger partial charge in [-0.05, 0) is 37.9 Å². The Labute approximate surface area is 90.9 Å². The lowest BCUT2D eigenvalue weighted by Crippen LogP contribution is -2.31. The number of nitrogens with two attached hydrogens (primary N) is 1. The van der Waals surface area contributed by atoms with Crippen LogP contribution in [0.2, 0.25) is 0 Å². The highest BCUT2D eigenvalue weighted by atomic mass is 32.1. The fourth-order valence-corrected chi connectivity index (χ4v) is 1.60. The van der Waals surface area contributed by atoms with Crippen molar-refractivity contribution < 1.29 is 13.2 Å². The van der Waals surface area contributed by atoms with E-state index in [2.05, 4.69) is 22.7 Å².